The molecule has 166 valence electrons. The molecule has 0 saturated carbocycles. The molecular weight excluding hydrogens is 490 g/mol. The number of aryl methyl sites for hydroxylation is 1. The van der Waals surface area contributed by atoms with E-state index in [-0.39, 0.29) is 6.61 Å². The molecule has 4 rings (SSSR count). The molecule has 6 nitrogen and oxygen atoms in total. The van der Waals surface area contributed by atoms with Crippen molar-refractivity contribution < 1.29 is 9.26 Å². The van der Waals surface area contributed by atoms with Gasteiger partial charge in [0.25, 0.3) is 5.56 Å². The molecular formula is C22H19Cl2N2O4PS. The van der Waals surface area contributed by atoms with Crippen molar-refractivity contribution in [3.8, 4) is 0 Å². The Morgan fingerprint density at radius 2 is 1.59 bits per heavy atom. The minimum atomic E-state index is -2.65. The van der Waals surface area contributed by atoms with Crippen LogP contribution < -0.4 is 21.9 Å². The van der Waals surface area contributed by atoms with E-state index >= 15 is 0 Å². The lowest BCUT2D eigenvalue weighted by Gasteiger charge is -2.25. The van der Waals surface area contributed by atoms with Gasteiger partial charge in [0.05, 0.1) is 6.61 Å². The van der Waals surface area contributed by atoms with Crippen molar-refractivity contribution in [2.24, 2.45) is 0 Å². The highest BCUT2D eigenvalue weighted by atomic mass is 35.5. The minimum Gasteiger partial charge on any atom is -0.344 e. The summed E-state index contributed by atoms with van der Waals surface area (Å²) in [5.74, 6) is 0. The van der Waals surface area contributed by atoms with Gasteiger partial charge >= 0.3 is 5.69 Å². The van der Waals surface area contributed by atoms with Crippen molar-refractivity contribution in [2.75, 3.05) is 6.61 Å². The molecule has 3 aromatic rings. The van der Waals surface area contributed by atoms with Gasteiger partial charge in [-0.05, 0) is 61.5 Å². The Hall–Kier alpha value is -1.99. The van der Waals surface area contributed by atoms with Crippen molar-refractivity contribution >= 4 is 51.9 Å². The molecule has 0 saturated heterocycles. The molecule has 1 aliphatic heterocycles. The third-order valence-electron chi connectivity index (χ3n) is 4.98. The van der Waals surface area contributed by atoms with Crippen molar-refractivity contribution in [2.45, 2.75) is 19.3 Å². The number of hydrogen-bond acceptors (Lipinski definition) is 5. The molecule has 2 heterocycles. The average Bonchev–Trinajstić information content (AvgIpc) is 3.24. The van der Waals surface area contributed by atoms with Crippen LogP contribution in [0.2, 0.25) is 10.0 Å². The smallest absolute Gasteiger partial charge is 0.330 e. The Bertz CT molecular complexity index is 1270. The predicted octanol–water partition coefficient (Wildman–Crippen LogP) is 3.67. The molecule has 2 aromatic carbocycles. The molecule has 0 bridgehead atoms. The maximum atomic E-state index is 12.2. The number of halogens is 2. The van der Waals surface area contributed by atoms with Gasteiger partial charge in [-0.15, -0.1) is 0 Å². The van der Waals surface area contributed by atoms with E-state index in [2.05, 4.69) is 4.98 Å². The standard InChI is InChI=1S/C22H19Cl2N2O4PS/c1-14-12-26(22(28)25-21(14)27)20-11-6-17(30-20)13-29-31(32,18-7-2-15(23)3-8-18)19-9-4-16(24)5-10-19/h2-12,17,20H,13H2,1H3,(H,25,27,28)/t17-,20+/m0/s1. The van der Waals surface area contributed by atoms with Crippen molar-refractivity contribution in [1.29, 1.82) is 0 Å². The second-order valence-corrected chi connectivity index (χ2v) is 12.0. The molecule has 0 fully saturated rings. The molecule has 2 atom stereocenters. The second kappa shape index (κ2) is 9.48. The summed E-state index contributed by atoms with van der Waals surface area (Å²) < 4.78 is 13.6. The van der Waals surface area contributed by atoms with Crippen LogP contribution >= 0.6 is 29.5 Å². The van der Waals surface area contributed by atoms with Crippen molar-refractivity contribution in [3.63, 3.8) is 0 Å². The van der Waals surface area contributed by atoms with Crippen molar-refractivity contribution in [3.05, 3.63) is 103 Å². The molecule has 1 N–H and O–H groups in total. The van der Waals surface area contributed by atoms with Gasteiger partial charge in [-0.1, -0.05) is 41.1 Å². The lowest BCUT2D eigenvalue weighted by molar-refractivity contribution is -0.00332. The van der Waals surface area contributed by atoms with E-state index in [4.69, 9.17) is 44.3 Å². The Balaban J connectivity index is 1.55. The number of nitrogens with zero attached hydrogens (tertiary/aromatic N) is 1. The van der Waals surface area contributed by atoms with Gasteiger partial charge < -0.3 is 9.26 Å². The highest BCUT2D eigenvalue weighted by molar-refractivity contribution is 8.19. The first-order chi connectivity index (χ1) is 15.3. The zero-order valence-electron chi connectivity index (χ0n) is 16.9. The molecule has 10 heteroatoms. The Morgan fingerprint density at radius 3 is 2.16 bits per heavy atom. The highest BCUT2D eigenvalue weighted by Gasteiger charge is 2.28. The topological polar surface area (TPSA) is 73.3 Å². The minimum absolute atomic E-state index is 0.187. The fourth-order valence-electron chi connectivity index (χ4n) is 3.27. The zero-order valence-corrected chi connectivity index (χ0v) is 20.1. The molecule has 1 aliphatic rings. The van der Waals surface area contributed by atoms with Crippen LogP contribution in [0.1, 0.15) is 11.8 Å². The average molecular weight is 509 g/mol. The summed E-state index contributed by atoms with van der Waals surface area (Å²) in [5.41, 5.74) is -0.536. The van der Waals surface area contributed by atoms with E-state index in [0.717, 1.165) is 10.6 Å². The van der Waals surface area contributed by atoms with E-state index in [1.807, 2.05) is 30.3 Å². The van der Waals surface area contributed by atoms with E-state index < -0.39 is 29.8 Å². The second-order valence-electron chi connectivity index (χ2n) is 7.23. The van der Waals surface area contributed by atoms with Gasteiger partial charge in [0.1, 0.15) is 12.4 Å². The first kappa shape index (κ1) is 23.2. The number of nitrogens with one attached hydrogen (secondary N) is 1. The number of benzene rings is 2. The highest BCUT2D eigenvalue weighted by Crippen LogP contribution is 2.46. The zero-order chi connectivity index (χ0) is 22.9. The maximum absolute atomic E-state index is 12.2. The van der Waals surface area contributed by atoms with Crippen LogP contribution in [0.5, 0.6) is 0 Å². The van der Waals surface area contributed by atoms with Crippen LogP contribution in [0, 0.1) is 6.92 Å². The third-order valence-corrected chi connectivity index (χ3v) is 9.53. The lowest BCUT2D eigenvalue weighted by Crippen LogP contribution is -2.33. The third kappa shape index (κ3) is 4.84. The molecule has 0 unspecified atom stereocenters. The molecule has 1 aromatic heterocycles. The first-order valence-electron chi connectivity index (χ1n) is 9.69. The normalized spacial score (nSPS) is 18.2. The number of H-pyrrole nitrogens is 1. The number of hydrogen-bond donors (Lipinski definition) is 1. The number of ether oxygens (including phenoxy) is 1. The fourth-order valence-corrected chi connectivity index (χ4v) is 6.47. The number of rotatable bonds is 6. The summed E-state index contributed by atoms with van der Waals surface area (Å²) in [6.45, 7) is 1.81. The summed E-state index contributed by atoms with van der Waals surface area (Å²) in [4.78, 5) is 26.1. The molecule has 0 amide bonds. The Kier molecular flexibility index (Phi) is 6.86. The number of aromatic amines is 1. The largest absolute Gasteiger partial charge is 0.344 e. The van der Waals surface area contributed by atoms with Crippen LogP contribution in [-0.2, 0) is 21.1 Å². The SMILES string of the molecule is Cc1cn([C@H]2C=C[C@@H](COP(=S)(c3ccc(Cl)cc3)c3ccc(Cl)cc3)O2)c(=O)[nH]c1=O. The Morgan fingerprint density at radius 1 is 1.03 bits per heavy atom. The quantitative estimate of drug-likeness (QED) is 0.406. The summed E-state index contributed by atoms with van der Waals surface area (Å²) in [5, 5.41) is 2.92. The van der Waals surface area contributed by atoms with Crippen LogP contribution in [0.25, 0.3) is 0 Å². The van der Waals surface area contributed by atoms with Gasteiger partial charge in [0.2, 0.25) is 0 Å². The van der Waals surface area contributed by atoms with Gasteiger partial charge in [-0.2, -0.15) is 0 Å². The lowest BCUT2D eigenvalue weighted by atomic mass is 10.3. The van der Waals surface area contributed by atoms with Gasteiger partial charge in [-0.25, -0.2) is 4.79 Å². The van der Waals surface area contributed by atoms with Crippen molar-refractivity contribution in [1.82, 2.24) is 9.55 Å². The van der Waals surface area contributed by atoms with Gasteiger partial charge in [0.15, 0.2) is 6.23 Å². The van der Waals surface area contributed by atoms with Gasteiger partial charge in [0, 0.05) is 32.4 Å². The van der Waals surface area contributed by atoms with Gasteiger partial charge in [-0.3, -0.25) is 14.3 Å². The van der Waals surface area contributed by atoms with E-state index in [0.29, 0.717) is 15.6 Å². The number of aromatic nitrogens is 2. The van der Waals surface area contributed by atoms with Crippen LogP contribution in [0.4, 0.5) is 0 Å². The summed E-state index contributed by atoms with van der Waals surface area (Å²) >= 11 is 18.2. The van der Waals surface area contributed by atoms with Crippen LogP contribution in [-0.4, -0.2) is 22.3 Å². The van der Waals surface area contributed by atoms with Crippen LogP contribution in [0.15, 0.2) is 76.5 Å². The van der Waals surface area contributed by atoms with E-state index in [1.54, 1.807) is 37.3 Å². The Labute approximate surface area is 199 Å². The maximum Gasteiger partial charge on any atom is 0.330 e. The van der Waals surface area contributed by atoms with E-state index in [9.17, 15) is 9.59 Å². The molecule has 0 radical (unpaired) electrons. The fraction of sp³-hybridized carbons (Fsp3) is 0.182. The van der Waals surface area contributed by atoms with Crippen LogP contribution in [0.3, 0.4) is 0 Å². The summed E-state index contributed by atoms with van der Waals surface area (Å²) in [6, 6.07) is 14.6. The van der Waals surface area contributed by atoms with E-state index in [1.165, 1.54) is 10.8 Å². The summed E-state index contributed by atoms with van der Waals surface area (Å²) in [6.07, 6.45) is 1.34. The molecule has 32 heavy (non-hydrogen) atoms. The summed E-state index contributed by atoms with van der Waals surface area (Å²) in [7, 11) is 0. The first-order valence-corrected chi connectivity index (χ1v) is 13.2. The predicted molar refractivity (Wildman–Crippen MR) is 132 cm³/mol. The molecule has 0 spiro atoms. The molecule has 0 aliphatic carbocycles. The monoisotopic (exact) mass is 508 g/mol.